The molecule has 0 saturated heterocycles. The van der Waals surface area contributed by atoms with Crippen LogP contribution in [0.1, 0.15) is 106 Å². The molecule has 0 fully saturated rings. The minimum absolute atomic E-state index is 0.264. The van der Waals surface area contributed by atoms with Crippen molar-refractivity contribution in [1.82, 2.24) is 0 Å². The molecule has 0 N–H and O–H groups in total. The van der Waals surface area contributed by atoms with Crippen molar-refractivity contribution in [3.63, 3.8) is 0 Å². The van der Waals surface area contributed by atoms with Gasteiger partial charge in [-0.05, 0) is 44.4 Å². The molecule has 1 heteroatoms. The van der Waals surface area contributed by atoms with E-state index in [9.17, 15) is 4.79 Å². The summed E-state index contributed by atoms with van der Waals surface area (Å²) in [5, 5.41) is 0. The van der Waals surface area contributed by atoms with Gasteiger partial charge in [-0.3, -0.25) is 4.79 Å². The molecule has 0 aliphatic carbocycles. The maximum atomic E-state index is 11.0. The van der Waals surface area contributed by atoms with Crippen LogP contribution >= 0.6 is 0 Å². The largest absolute Gasteiger partial charge is 0.300 e. The van der Waals surface area contributed by atoms with E-state index in [4.69, 9.17) is 0 Å². The molecular weight excluding hydrogens is 280 g/mol. The molecule has 1 nitrogen and oxygen atoms in total. The van der Waals surface area contributed by atoms with Crippen LogP contribution in [-0.4, -0.2) is 5.78 Å². The van der Waals surface area contributed by atoms with Crippen molar-refractivity contribution < 1.29 is 4.79 Å². The van der Waals surface area contributed by atoms with Crippen molar-refractivity contribution in [2.24, 2.45) is 17.8 Å². The van der Waals surface area contributed by atoms with Crippen LogP contribution in [0.2, 0.25) is 0 Å². The van der Waals surface area contributed by atoms with Crippen molar-refractivity contribution in [3.8, 4) is 0 Å². The summed E-state index contributed by atoms with van der Waals surface area (Å²) in [7, 11) is 0. The number of carbonyl (C=O) groups is 1. The lowest BCUT2D eigenvalue weighted by Gasteiger charge is -2.15. The quantitative estimate of drug-likeness (QED) is 0.305. The van der Waals surface area contributed by atoms with Crippen molar-refractivity contribution in [1.29, 1.82) is 0 Å². The van der Waals surface area contributed by atoms with E-state index in [1.54, 1.807) is 6.92 Å². The molecule has 0 radical (unpaired) electrons. The predicted octanol–water partition coefficient (Wildman–Crippen LogP) is 7.35. The average Bonchev–Trinajstić information content (AvgIpc) is 2.44. The normalized spacial score (nSPS) is 15.0. The first-order valence-corrected chi connectivity index (χ1v) is 9.96. The van der Waals surface area contributed by atoms with E-state index in [1.165, 1.54) is 56.9 Å². The highest BCUT2D eigenvalue weighted by Gasteiger charge is 2.06. The van der Waals surface area contributed by atoms with Gasteiger partial charge in [0.15, 0.2) is 0 Å². The van der Waals surface area contributed by atoms with Gasteiger partial charge in [-0.1, -0.05) is 84.3 Å². The van der Waals surface area contributed by atoms with Gasteiger partial charge in [0, 0.05) is 6.42 Å². The topological polar surface area (TPSA) is 17.1 Å². The van der Waals surface area contributed by atoms with Crippen LogP contribution in [-0.2, 0) is 4.79 Å². The minimum Gasteiger partial charge on any atom is -0.300 e. The molecule has 0 aliphatic rings. The van der Waals surface area contributed by atoms with Crippen molar-refractivity contribution >= 4 is 5.78 Å². The molecule has 2 atom stereocenters. The fourth-order valence-corrected chi connectivity index (χ4v) is 3.13. The molecule has 0 spiro atoms. The molecule has 136 valence electrons. The molecule has 0 aliphatic heterocycles. The van der Waals surface area contributed by atoms with E-state index in [2.05, 4.69) is 40.7 Å². The summed E-state index contributed by atoms with van der Waals surface area (Å²) >= 11 is 0. The molecule has 0 heterocycles. The zero-order valence-corrected chi connectivity index (χ0v) is 16.8. The van der Waals surface area contributed by atoms with Gasteiger partial charge in [-0.2, -0.15) is 0 Å². The Hall–Kier alpha value is -0.590. The number of carbonyl (C=O) groups excluding carboxylic acids is 1. The first kappa shape index (κ1) is 22.4. The molecule has 0 rings (SSSR count). The number of Topliss-reactive ketones (excluding diaryl/α,β-unsaturated/α-hetero) is 1. The highest BCUT2D eigenvalue weighted by molar-refractivity contribution is 5.77. The SMILES string of the molecule is CC(=O)CC=C(C)CCCC(C)CCCC(C)CCCC(C)C. The lowest BCUT2D eigenvalue weighted by molar-refractivity contribution is -0.116. The van der Waals surface area contributed by atoms with Crippen LogP contribution in [0, 0.1) is 17.8 Å². The van der Waals surface area contributed by atoms with Gasteiger partial charge in [0.2, 0.25) is 0 Å². The maximum absolute atomic E-state index is 11.0. The van der Waals surface area contributed by atoms with Gasteiger partial charge in [-0.25, -0.2) is 0 Å². The van der Waals surface area contributed by atoms with E-state index in [-0.39, 0.29) is 5.78 Å². The highest BCUT2D eigenvalue weighted by Crippen LogP contribution is 2.22. The number of allylic oxidation sites excluding steroid dienone is 2. The molecule has 0 saturated carbocycles. The molecule has 23 heavy (non-hydrogen) atoms. The maximum Gasteiger partial charge on any atom is 0.133 e. The van der Waals surface area contributed by atoms with Gasteiger partial charge < -0.3 is 0 Å². The summed E-state index contributed by atoms with van der Waals surface area (Å²) in [6.45, 7) is 13.3. The molecule has 0 bridgehead atoms. The molecule has 0 amide bonds. The summed E-state index contributed by atoms with van der Waals surface area (Å²) in [5.74, 6) is 2.87. The van der Waals surface area contributed by atoms with E-state index in [1.807, 2.05) is 0 Å². The predicted molar refractivity (Wildman–Crippen MR) is 104 cm³/mol. The first-order chi connectivity index (χ1) is 10.8. The number of hydrogen-bond acceptors (Lipinski definition) is 1. The van der Waals surface area contributed by atoms with Crippen LogP contribution < -0.4 is 0 Å². The third-order valence-electron chi connectivity index (χ3n) is 4.88. The van der Waals surface area contributed by atoms with E-state index < -0.39 is 0 Å². The fraction of sp³-hybridized carbons (Fsp3) is 0.864. The van der Waals surface area contributed by atoms with Crippen LogP contribution in [0.4, 0.5) is 0 Å². The van der Waals surface area contributed by atoms with Gasteiger partial charge in [0.1, 0.15) is 5.78 Å². The number of rotatable bonds is 14. The Bertz CT molecular complexity index is 327. The highest BCUT2D eigenvalue weighted by atomic mass is 16.1. The van der Waals surface area contributed by atoms with Gasteiger partial charge >= 0.3 is 0 Å². The second kappa shape index (κ2) is 13.8. The molecule has 0 aromatic rings. The van der Waals surface area contributed by atoms with Crippen LogP contribution in [0.5, 0.6) is 0 Å². The van der Waals surface area contributed by atoms with Crippen LogP contribution in [0.3, 0.4) is 0 Å². The van der Waals surface area contributed by atoms with Gasteiger partial charge in [0.25, 0.3) is 0 Å². The van der Waals surface area contributed by atoms with E-state index >= 15 is 0 Å². The fourth-order valence-electron chi connectivity index (χ4n) is 3.13. The number of ketones is 1. The summed E-state index contributed by atoms with van der Waals surface area (Å²) in [6, 6.07) is 0. The van der Waals surface area contributed by atoms with E-state index in [0.717, 1.165) is 24.2 Å². The van der Waals surface area contributed by atoms with Crippen molar-refractivity contribution in [2.75, 3.05) is 0 Å². The zero-order valence-electron chi connectivity index (χ0n) is 16.8. The average molecular weight is 323 g/mol. The zero-order chi connectivity index (χ0) is 17.7. The van der Waals surface area contributed by atoms with Crippen molar-refractivity contribution in [3.05, 3.63) is 11.6 Å². The summed E-state index contributed by atoms with van der Waals surface area (Å²) < 4.78 is 0. The van der Waals surface area contributed by atoms with Crippen LogP contribution in [0.15, 0.2) is 11.6 Å². The standard InChI is InChI=1S/C22H42O/c1-18(2)10-7-11-19(3)12-8-13-20(4)14-9-15-21(5)16-17-22(6)23/h16,18-20H,7-15,17H2,1-6H3. The smallest absolute Gasteiger partial charge is 0.133 e. The van der Waals surface area contributed by atoms with Gasteiger partial charge in [0.05, 0.1) is 0 Å². The Morgan fingerprint density at radius 2 is 1.26 bits per heavy atom. The van der Waals surface area contributed by atoms with E-state index in [0.29, 0.717) is 6.42 Å². The second-order valence-electron chi connectivity index (χ2n) is 8.31. The molecular formula is C22H42O. The summed E-state index contributed by atoms with van der Waals surface area (Å²) in [6.07, 6.45) is 14.8. The third-order valence-corrected chi connectivity index (χ3v) is 4.88. The Morgan fingerprint density at radius 1 is 0.783 bits per heavy atom. The molecule has 2 unspecified atom stereocenters. The Kier molecular flexibility index (Phi) is 13.5. The van der Waals surface area contributed by atoms with Gasteiger partial charge in [-0.15, -0.1) is 0 Å². The number of hydrogen-bond donors (Lipinski definition) is 0. The lowest BCUT2D eigenvalue weighted by atomic mass is 9.91. The Balaban J connectivity index is 3.61. The van der Waals surface area contributed by atoms with Crippen molar-refractivity contribution in [2.45, 2.75) is 106 Å². The lowest BCUT2D eigenvalue weighted by Crippen LogP contribution is -2.00. The molecule has 0 aromatic heterocycles. The summed E-state index contributed by atoms with van der Waals surface area (Å²) in [4.78, 5) is 11.0. The summed E-state index contributed by atoms with van der Waals surface area (Å²) in [5.41, 5.74) is 1.38. The Labute approximate surface area is 146 Å². The third kappa shape index (κ3) is 16.1. The van der Waals surface area contributed by atoms with Crippen LogP contribution in [0.25, 0.3) is 0 Å². The molecule has 0 aromatic carbocycles. The minimum atomic E-state index is 0.264. The first-order valence-electron chi connectivity index (χ1n) is 9.96. The Morgan fingerprint density at radius 3 is 1.74 bits per heavy atom. The monoisotopic (exact) mass is 322 g/mol. The second-order valence-corrected chi connectivity index (χ2v) is 8.31.